The van der Waals surface area contributed by atoms with Crippen LogP contribution in [0.5, 0.6) is 0 Å². The third-order valence-electron chi connectivity index (χ3n) is 2.58. The summed E-state index contributed by atoms with van der Waals surface area (Å²) in [6, 6.07) is 3.65. The maximum absolute atomic E-state index is 11.9. The van der Waals surface area contributed by atoms with Gasteiger partial charge >= 0.3 is 5.97 Å². The lowest BCUT2D eigenvalue weighted by Crippen LogP contribution is -2.34. The van der Waals surface area contributed by atoms with Gasteiger partial charge in [0.2, 0.25) is 0 Å². The molecule has 0 radical (unpaired) electrons. The van der Waals surface area contributed by atoms with Gasteiger partial charge in [0.15, 0.2) is 0 Å². The van der Waals surface area contributed by atoms with Gasteiger partial charge in [0, 0.05) is 10.2 Å². The van der Waals surface area contributed by atoms with Crippen molar-refractivity contribution < 1.29 is 9.53 Å². The molecule has 0 fully saturated rings. The van der Waals surface area contributed by atoms with Gasteiger partial charge in [0.1, 0.15) is 11.6 Å². The first kappa shape index (κ1) is 16.0. The van der Waals surface area contributed by atoms with Crippen LogP contribution in [0.2, 0.25) is 0 Å². The normalized spacial score (nSPS) is 13.0. The number of ether oxygens (including phenoxy) is 1. The second-order valence-corrected chi connectivity index (χ2v) is 6.62. The molecule has 0 aliphatic rings. The molecule has 0 aliphatic heterocycles. The lowest BCUT2D eigenvalue weighted by atomic mass is 10.1. The Morgan fingerprint density at radius 3 is 2.16 bits per heavy atom. The summed E-state index contributed by atoms with van der Waals surface area (Å²) in [6.45, 7) is 11.5. The van der Waals surface area contributed by atoms with Gasteiger partial charge in [-0.05, 0) is 64.8 Å². The molecule has 106 valence electrons. The van der Waals surface area contributed by atoms with E-state index in [0.717, 1.165) is 21.3 Å². The first-order valence-corrected chi connectivity index (χ1v) is 7.15. The molecule has 1 aromatic carbocycles. The Labute approximate surface area is 123 Å². The molecule has 0 heterocycles. The van der Waals surface area contributed by atoms with Gasteiger partial charge in [0.05, 0.1) is 0 Å². The highest BCUT2D eigenvalue weighted by Gasteiger charge is 2.21. The number of aryl methyl sites for hydroxylation is 2. The molecule has 19 heavy (non-hydrogen) atoms. The van der Waals surface area contributed by atoms with Crippen LogP contribution in [0.25, 0.3) is 0 Å². The Balaban J connectivity index is 2.77. The molecule has 1 atom stereocenters. The summed E-state index contributed by atoms with van der Waals surface area (Å²) in [7, 11) is 0. The van der Waals surface area contributed by atoms with Crippen molar-refractivity contribution >= 4 is 27.6 Å². The molecule has 3 nitrogen and oxygen atoms in total. The zero-order valence-corrected chi connectivity index (χ0v) is 14.0. The molecule has 1 aromatic rings. The Morgan fingerprint density at radius 2 is 1.74 bits per heavy atom. The molecule has 4 heteroatoms. The fraction of sp³-hybridized carbons (Fsp3) is 0.533. The van der Waals surface area contributed by atoms with Gasteiger partial charge in [-0.3, -0.25) is 0 Å². The van der Waals surface area contributed by atoms with Crippen LogP contribution in [0, 0.1) is 13.8 Å². The summed E-state index contributed by atoms with van der Waals surface area (Å²) in [5, 5.41) is 3.18. The second kappa shape index (κ2) is 5.95. The molecule has 0 bridgehead atoms. The summed E-state index contributed by atoms with van der Waals surface area (Å²) in [4.78, 5) is 11.9. The number of halogens is 1. The van der Waals surface area contributed by atoms with Gasteiger partial charge in [-0.1, -0.05) is 15.9 Å². The maximum atomic E-state index is 11.9. The summed E-state index contributed by atoms with van der Waals surface area (Å²) in [6.07, 6.45) is 0. The molecule has 0 aromatic heterocycles. The van der Waals surface area contributed by atoms with Gasteiger partial charge in [-0.15, -0.1) is 0 Å². The number of carbonyl (C=O) groups excluding carboxylic acids is 1. The topological polar surface area (TPSA) is 38.3 Å². The SMILES string of the molecule is Cc1cc(NC(C)C(=O)OC(C)(C)C)cc(C)c1Br. The van der Waals surface area contributed by atoms with E-state index in [-0.39, 0.29) is 12.0 Å². The smallest absolute Gasteiger partial charge is 0.328 e. The molecule has 1 unspecified atom stereocenters. The van der Waals surface area contributed by atoms with Crippen molar-refractivity contribution in [3.8, 4) is 0 Å². The fourth-order valence-corrected chi connectivity index (χ4v) is 1.96. The standard InChI is InChI=1S/C15H22BrNO2/c1-9-7-12(8-10(2)13(9)16)17-11(3)14(18)19-15(4,5)6/h7-8,11,17H,1-6H3. The van der Waals surface area contributed by atoms with Crippen LogP contribution in [0.1, 0.15) is 38.8 Å². The van der Waals surface area contributed by atoms with E-state index in [1.165, 1.54) is 0 Å². The Kier molecular flexibility index (Phi) is 5.02. The van der Waals surface area contributed by atoms with Crippen molar-refractivity contribution in [1.29, 1.82) is 0 Å². The molecule has 1 N–H and O–H groups in total. The van der Waals surface area contributed by atoms with Crippen molar-refractivity contribution in [2.45, 2.75) is 53.2 Å². The maximum Gasteiger partial charge on any atom is 0.328 e. The Bertz CT molecular complexity index is 455. The first-order valence-electron chi connectivity index (χ1n) is 6.36. The quantitative estimate of drug-likeness (QED) is 0.845. The van der Waals surface area contributed by atoms with Gasteiger partial charge in [0.25, 0.3) is 0 Å². The summed E-state index contributed by atoms with van der Waals surface area (Å²) >= 11 is 3.53. The summed E-state index contributed by atoms with van der Waals surface area (Å²) in [5.41, 5.74) is 2.74. The second-order valence-electron chi connectivity index (χ2n) is 5.82. The minimum absolute atomic E-state index is 0.245. The van der Waals surface area contributed by atoms with E-state index in [9.17, 15) is 4.79 Å². The lowest BCUT2D eigenvalue weighted by Gasteiger charge is -2.23. The monoisotopic (exact) mass is 327 g/mol. The van der Waals surface area contributed by atoms with Crippen molar-refractivity contribution in [2.75, 3.05) is 5.32 Å². The van der Waals surface area contributed by atoms with E-state index >= 15 is 0 Å². The van der Waals surface area contributed by atoms with Crippen LogP contribution in [0.15, 0.2) is 16.6 Å². The molecule has 0 amide bonds. The van der Waals surface area contributed by atoms with Crippen molar-refractivity contribution in [3.63, 3.8) is 0 Å². The Hall–Kier alpha value is -1.03. The highest BCUT2D eigenvalue weighted by atomic mass is 79.9. The number of benzene rings is 1. The Morgan fingerprint density at radius 1 is 1.26 bits per heavy atom. The molecule has 0 spiro atoms. The van der Waals surface area contributed by atoms with Crippen LogP contribution >= 0.6 is 15.9 Å². The van der Waals surface area contributed by atoms with Crippen molar-refractivity contribution in [1.82, 2.24) is 0 Å². The zero-order valence-electron chi connectivity index (χ0n) is 12.4. The highest BCUT2D eigenvalue weighted by Crippen LogP contribution is 2.25. The molecule has 0 aliphatic carbocycles. The van der Waals surface area contributed by atoms with Crippen molar-refractivity contribution in [2.24, 2.45) is 0 Å². The lowest BCUT2D eigenvalue weighted by molar-refractivity contribution is -0.155. The molecule has 0 saturated carbocycles. The predicted molar refractivity (Wildman–Crippen MR) is 82.5 cm³/mol. The van der Waals surface area contributed by atoms with E-state index in [1.54, 1.807) is 6.92 Å². The molecule has 1 rings (SSSR count). The number of hydrogen-bond acceptors (Lipinski definition) is 3. The average Bonchev–Trinajstić information content (AvgIpc) is 2.23. The third kappa shape index (κ3) is 4.86. The minimum atomic E-state index is -0.460. The predicted octanol–water partition coefficient (Wildman–Crippen LogP) is 4.21. The minimum Gasteiger partial charge on any atom is -0.458 e. The third-order valence-corrected chi connectivity index (χ3v) is 3.83. The van der Waals surface area contributed by atoms with E-state index in [4.69, 9.17) is 4.74 Å². The number of hydrogen-bond donors (Lipinski definition) is 1. The molecule has 0 saturated heterocycles. The van der Waals surface area contributed by atoms with Gasteiger partial charge < -0.3 is 10.1 Å². The highest BCUT2D eigenvalue weighted by molar-refractivity contribution is 9.10. The fourth-order valence-electron chi connectivity index (χ4n) is 1.73. The van der Waals surface area contributed by atoms with Crippen LogP contribution in [0.4, 0.5) is 5.69 Å². The zero-order chi connectivity index (χ0) is 14.8. The summed E-state index contributed by atoms with van der Waals surface area (Å²) in [5.74, 6) is -0.245. The number of nitrogens with one attached hydrogen (secondary N) is 1. The van der Waals surface area contributed by atoms with E-state index in [1.807, 2.05) is 46.8 Å². The van der Waals surface area contributed by atoms with Crippen LogP contribution < -0.4 is 5.32 Å². The van der Waals surface area contributed by atoms with Crippen molar-refractivity contribution in [3.05, 3.63) is 27.7 Å². The van der Waals surface area contributed by atoms with Crippen LogP contribution in [-0.4, -0.2) is 17.6 Å². The number of carbonyl (C=O) groups is 1. The number of rotatable bonds is 3. The average molecular weight is 328 g/mol. The van der Waals surface area contributed by atoms with E-state index in [2.05, 4.69) is 21.2 Å². The largest absolute Gasteiger partial charge is 0.458 e. The van der Waals surface area contributed by atoms with E-state index in [0.29, 0.717) is 0 Å². The number of esters is 1. The van der Waals surface area contributed by atoms with Gasteiger partial charge in [-0.25, -0.2) is 4.79 Å². The first-order chi connectivity index (χ1) is 8.60. The van der Waals surface area contributed by atoms with E-state index < -0.39 is 5.60 Å². The number of anilines is 1. The summed E-state index contributed by atoms with van der Waals surface area (Å²) < 4.78 is 6.45. The van der Waals surface area contributed by atoms with Gasteiger partial charge in [-0.2, -0.15) is 0 Å². The molecular weight excluding hydrogens is 306 g/mol. The van der Waals surface area contributed by atoms with Crippen LogP contribution in [0.3, 0.4) is 0 Å². The molecular formula is C15H22BrNO2. The van der Waals surface area contributed by atoms with Crippen LogP contribution in [-0.2, 0) is 9.53 Å².